The number of nitrogens with zero attached hydrogens (tertiary/aromatic N) is 2. The Morgan fingerprint density at radius 1 is 0.684 bits per heavy atom. The normalized spacial score (nSPS) is 11.7. The monoisotopic (exact) mass is 277 g/mol. The molecule has 0 rings (SSSR count). The van der Waals surface area contributed by atoms with Crippen molar-refractivity contribution >= 4 is 0 Å². The highest BCUT2D eigenvalue weighted by atomic mass is 16.3. The van der Waals surface area contributed by atoms with Gasteiger partial charge in [-0.25, -0.2) is 0 Å². The van der Waals surface area contributed by atoms with Gasteiger partial charge in [0.15, 0.2) is 0 Å². The third-order valence-corrected chi connectivity index (χ3v) is 3.01. The minimum Gasteiger partial charge on any atom is -0.395 e. The van der Waals surface area contributed by atoms with Crippen LogP contribution in [0.2, 0.25) is 0 Å². The van der Waals surface area contributed by atoms with Crippen molar-refractivity contribution in [1.29, 1.82) is 0 Å². The molecule has 0 saturated heterocycles. The molecular formula is C13H31N3O3. The Morgan fingerprint density at radius 2 is 1.16 bits per heavy atom. The number of hydrogen-bond donors (Lipinski definition) is 4. The molecule has 0 heterocycles. The van der Waals surface area contributed by atoms with Crippen LogP contribution in [0.25, 0.3) is 0 Å². The summed E-state index contributed by atoms with van der Waals surface area (Å²) in [5.74, 6) is 0. The van der Waals surface area contributed by atoms with Crippen molar-refractivity contribution in [2.24, 2.45) is 0 Å². The molecule has 0 aromatic rings. The van der Waals surface area contributed by atoms with Crippen molar-refractivity contribution < 1.29 is 15.3 Å². The average molecular weight is 277 g/mol. The Labute approximate surface area is 117 Å². The first-order valence-electron chi connectivity index (χ1n) is 7.26. The minimum atomic E-state index is 0.109. The molecule has 0 aliphatic rings. The second-order valence-corrected chi connectivity index (χ2v) is 4.60. The highest BCUT2D eigenvalue weighted by molar-refractivity contribution is 4.64. The summed E-state index contributed by atoms with van der Waals surface area (Å²) < 4.78 is 0. The standard InChI is InChI=1S/C13H31N3O3/c1-2-3-14-4-5-15(8-11-17)6-7-16(9-12-18)10-13-19/h14,17-19H,2-13H2,1H3. The van der Waals surface area contributed by atoms with Gasteiger partial charge in [0.1, 0.15) is 0 Å². The largest absolute Gasteiger partial charge is 0.395 e. The zero-order valence-corrected chi connectivity index (χ0v) is 12.2. The summed E-state index contributed by atoms with van der Waals surface area (Å²) in [4.78, 5) is 4.23. The van der Waals surface area contributed by atoms with Gasteiger partial charge in [-0.05, 0) is 13.0 Å². The van der Waals surface area contributed by atoms with E-state index >= 15 is 0 Å². The van der Waals surface area contributed by atoms with Crippen LogP contribution in [-0.4, -0.2) is 97.3 Å². The Balaban J connectivity index is 3.88. The summed E-state index contributed by atoms with van der Waals surface area (Å²) in [5.41, 5.74) is 0. The van der Waals surface area contributed by atoms with Crippen LogP contribution in [0.4, 0.5) is 0 Å². The molecule has 6 heteroatoms. The van der Waals surface area contributed by atoms with Crippen LogP contribution in [-0.2, 0) is 0 Å². The van der Waals surface area contributed by atoms with Crippen molar-refractivity contribution in [2.45, 2.75) is 13.3 Å². The fraction of sp³-hybridized carbons (Fsp3) is 1.00. The van der Waals surface area contributed by atoms with Crippen LogP contribution in [0.15, 0.2) is 0 Å². The van der Waals surface area contributed by atoms with Gasteiger partial charge in [-0.1, -0.05) is 6.92 Å². The average Bonchev–Trinajstić information content (AvgIpc) is 2.41. The van der Waals surface area contributed by atoms with Gasteiger partial charge in [-0.2, -0.15) is 0 Å². The van der Waals surface area contributed by atoms with E-state index in [1.54, 1.807) is 0 Å². The van der Waals surface area contributed by atoms with Crippen LogP contribution in [0.5, 0.6) is 0 Å². The van der Waals surface area contributed by atoms with Crippen LogP contribution >= 0.6 is 0 Å². The van der Waals surface area contributed by atoms with E-state index in [0.29, 0.717) is 19.6 Å². The smallest absolute Gasteiger partial charge is 0.0558 e. The molecule has 0 spiro atoms. The molecular weight excluding hydrogens is 246 g/mol. The number of nitrogens with one attached hydrogen (secondary N) is 1. The van der Waals surface area contributed by atoms with E-state index in [4.69, 9.17) is 15.3 Å². The summed E-state index contributed by atoms with van der Waals surface area (Å²) in [7, 11) is 0. The molecule has 0 atom stereocenters. The predicted molar refractivity (Wildman–Crippen MR) is 77.3 cm³/mol. The second-order valence-electron chi connectivity index (χ2n) is 4.60. The van der Waals surface area contributed by atoms with Crippen molar-refractivity contribution in [3.63, 3.8) is 0 Å². The summed E-state index contributed by atoms with van der Waals surface area (Å²) in [5, 5.41) is 30.3. The SMILES string of the molecule is CCCNCCN(CCO)CCN(CCO)CCO. The highest BCUT2D eigenvalue weighted by Crippen LogP contribution is 1.92. The lowest BCUT2D eigenvalue weighted by Gasteiger charge is -2.26. The molecule has 0 radical (unpaired) electrons. The summed E-state index contributed by atoms with van der Waals surface area (Å²) >= 11 is 0. The van der Waals surface area contributed by atoms with E-state index in [0.717, 1.165) is 39.1 Å². The Kier molecular flexibility index (Phi) is 14.0. The van der Waals surface area contributed by atoms with Gasteiger partial charge in [0.25, 0.3) is 0 Å². The molecule has 0 fully saturated rings. The topological polar surface area (TPSA) is 79.2 Å². The van der Waals surface area contributed by atoms with E-state index in [2.05, 4.69) is 17.1 Å². The van der Waals surface area contributed by atoms with E-state index in [-0.39, 0.29) is 19.8 Å². The van der Waals surface area contributed by atoms with Gasteiger partial charge in [-0.15, -0.1) is 0 Å². The first-order chi connectivity index (χ1) is 9.28. The molecule has 0 aliphatic heterocycles. The van der Waals surface area contributed by atoms with Gasteiger partial charge in [0, 0.05) is 45.8 Å². The molecule has 0 aliphatic carbocycles. The molecule has 116 valence electrons. The van der Waals surface area contributed by atoms with E-state index < -0.39 is 0 Å². The summed E-state index contributed by atoms with van der Waals surface area (Å²) in [6.45, 7) is 8.85. The summed E-state index contributed by atoms with van der Waals surface area (Å²) in [6, 6.07) is 0. The van der Waals surface area contributed by atoms with Gasteiger partial charge in [0.05, 0.1) is 19.8 Å². The lowest BCUT2D eigenvalue weighted by atomic mass is 10.4. The maximum Gasteiger partial charge on any atom is 0.0558 e. The molecule has 0 aromatic carbocycles. The quantitative estimate of drug-likeness (QED) is 0.292. The Morgan fingerprint density at radius 3 is 1.58 bits per heavy atom. The summed E-state index contributed by atoms with van der Waals surface area (Å²) in [6.07, 6.45) is 1.13. The molecule has 0 bridgehead atoms. The molecule has 0 saturated carbocycles. The van der Waals surface area contributed by atoms with Gasteiger partial charge >= 0.3 is 0 Å². The zero-order valence-electron chi connectivity index (χ0n) is 12.2. The third-order valence-electron chi connectivity index (χ3n) is 3.01. The van der Waals surface area contributed by atoms with E-state index in [1.165, 1.54) is 0 Å². The first-order valence-corrected chi connectivity index (χ1v) is 7.26. The van der Waals surface area contributed by atoms with Crippen LogP contribution in [0.1, 0.15) is 13.3 Å². The first kappa shape index (κ1) is 18.8. The maximum atomic E-state index is 9.06. The Bertz CT molecular complexity index is 179. The van der Waals surface area contributed by atoms with Gasteiger partial charge < -0.3 is 20.6 Å². The minimum absolute atomic E-state index is 0.109. The van der Waals surface area contributed by atoms with Gasteiger partial charge in [0.2, 0.25) is 0 Å². The molecule has 19 heavy (non-hydrogen) atoms. The predicted octanol–water partition coefficient (Wildman–Crippen LogP) is -1.43. The van der Waals surface area contributed by atoms with Crippen molar-refractivity contribution in [2.75, 3.05) is 72.2 Å². The fourth-order valence-electron chi connectivity index (χ4n) is 1.92. The van der Waals surface area contributed by atoms with Crippen molar-refractivity contribution in [3.05, 3.63) is 0 Å². The molecule has 6 nitrogen and oxygen atoms in total. The van der Waals surface area contributed by atoms with E-state index in [9.17, 15) is 0 Å². The zero-order chi connectivity index (χ0) is 14.3. The van der Waals surface area contributed by atoms with Crippen molar-refractivity contribution in [3.8, 4) is 0 Å². The maximum absolute atomic E-state index is 9.06. The van der Waals surface area contributed by atoms with Crippen LogP contribution in [0, 0.1) is 0 Å². The van der Waals surface area contributed by atoms with Gasteiger partial charge in [-0.3, -0.25) is 9.80 Å². The fourth-order valence-corrected chi connectivity index (χ4v) is 1.92. The Hall–Kier alpha value is -0.240. The third kappa shape index (κ3) is 11.3. The number of aliphatic hydroxyl groups excluding tert-OH is 3. The molecule has 0 aromatic heterocycles. The lowest BCUT2D eigenvalue weighted by Crippen LogP contribution is -2.41. The van der Waals surface area contributed by atoms with Crippen LogP contribution in [0.3, 0.4) is 0 Å². The lowest BCUT2D eigenvalue weighted by molar-refractivity contribution is 0.133. The number of rotatable bonds is 14. The number of aliphatic hydroxyl groups is 3. The molecule has 0 amide bonds. The molecule has 0 unspecified atom stereocenters. The van der Waals surface area contributed by atoms with Crippen molar-refractivity contribution in [1.82, 2.24) is 15.1 Å². The van der Waals surface area contributed by atoms with E-state index in [1.807, 2.05) is 4.90 Å². The highest BCUT2D eigenvalue weighted by Gasteiger charge is 2.08. The molecule has 4 N–H and O–H groups in total. The number of hydrogen-bond acceptors (Lipinski definition) is 6. The van der Waals surface area contributed by atoms with Crippen LogP contribution < -0.4 is 5.32 Å². The second kappa shape index (κ2) is 14.2.